The third-order valence-corrected chi connectivity index (χ3v) is 6.52. The summed E-state index contributed by atoms with van der Waals surface area (Å²) < 4.78 is 53.9. The molecule has 0 aliphatic rings. The predicted molar refractivity (Wildman–Crippen MR) is 151 cm³/mol. The number of aryl methyl sites for hydroxylation is 2. The summed E-state index contributed by atoms with van der Waals surface area (Å²) in [6.45, 7) is 6.75. The normalized spacial score (nSPS) is 10.9. The van der Waals surface area contributed by atoms with E-state index in [9.17, 15) is 10.1 Å². The average molecular weight is 570 g/mol. The van der Waals surface area contributed by atoms with Crippen molar-refractivity contribution in [3.63, 3.8) is 0 Å². The van der Waals surface area contributed by atoms with Crippen molar-refractivity contribution in [2.24, 2.45) is 7.05 Å². The van der Waals surface area contributed by atoms with E-state index in [-0.39, 0.29) is 61.9 Å². The number of carbonyl (C=O) groups is 1. The lowest BCUT2D eigenvalue weighted by Gasteiger charge is -2.14. The second-order valence-corrected chi connectivity index (χ2v) is 9.43. The Morgan fingerprint density at radius 1 is 1.12 bits per heavy atom. The van der Waals surface area contributed by atoms with Gasteiger partial charge in [0.15, 0.2) is 11.6 Å². The number of fused-ring (bicyclic) bond motifs is 1. The number of benzene rings is 2. The van der Waals surface area contributed by atoms with E-state index in [1.165, 1.54) is 48.1 Å². The van der Waals surface area contributed by atoms with Crippen molar-refractivity contribution < 1.29 is 22.7 Å². The van der Waals surface area contributed by atoms with E-state index in [1.807, 2.05) is 6.07 Å². The van der Waals surface area contributed by atoms with Crippen molar-refractivity contribution in [2.75, 3.05) is 11.1 Å². The topological polar surface area (TPSA) is 132 Å². The van der Waals surface area contributed by atoms with Crippen molar-refractivity contribution in [2.45, 2.75) is 13.8 Å². The molecule has 3 aromatic heterocycles. The van der Waals surface area contributed by atoms with Gasteiger partial charge in [0, 0.05) is 53.1 Å². The van der Waals surface area contributed by atoms with Crippen LogP contribution >= 0.6 is 0 Å². The summed E-state index contributed by atoms with van der Waals surface area (Å²) in [7, 11) is 1.54. The first-order valence-electron chi connectivity index (χ1n) is 12.4. The first-order chi connectivity index (χ1) is 20.0. The van der Waals surface area contributed by atoms with Crippen LogP contribution in [0.15, 0.2) is 60.9 Å². The number of hydrogen-bond acceptors (Lipinski definition) is 7. The molecule has 1 amide bonds. The zero-order valence-corrected chi connectivity index (χ0v) is 22.6. The molecular formula is C30H22F3N7O2. The Hall–Kier alpha value is -5.70. The Bertz CT molecular complexity index is 1980. The minimum Gasteiger partial charge on any atom is -0.421 e. The Morgan fingerprint density at radius 3 is 2.52 bits per heavy atom. The van der Waals surface area contributed by atoms with E-state index in [4.69, 9.17) is 10.5 Å². The molecule has 3 heterocycles. The highest BCUT2D eigenvalue weighted by molar-refractivity contribution is 6.11. The van der Waals surface area contributed by atoms with E-state index in [2.05, 4.69) is 26.8 Å². The SMILES string of the molecule is C=C(C)C(=O)Nc1ccc(-c2c(-c3ccc(Oc4nccc(C)n4)c(F)c3F)c3c(N)ncc(C#N)c3n2C)c(F)c1. The van der Waals surface area contributed by atoms with Gasteiger partial charge in [-0.1, -0.05) is 6.58 Å². The number of nitrogens with one attached hydrogen (secondary N) is 1. The minimum absolute atomic E-state index is 0.00183. The van der Waals surface area contributed by atoms with Gasteiger partial charge in [-0.25, -0.2) is 23.7 Å². The van der Waals surface area contributed by atoms with Gasteiger partial charge in [0.2, 0.25) is 5.82 Å². The molecule has 3 N–H and O–H groups in total. The van der Waals surface area contributed by atoms with Gasteiger partial charge in [-0.05, 0) is 50.2 Å². The lowest BCUT2D eigenvalue weighted by atomic mass is 9.96. The molecule has 9 nitrogen and oxygen atoms in total. The summed E-state index contributed by atoms with van der Waals surface area (Å²) in [6.07, 6.45) is 2.66. The molecule has 0 saturated heterocycles. The molecule has 5 rings (SSSR count). The third kappa shape index (κ3) is 4.77. The van der Waals surface area contributed by atoms with Gasteiger partial charge in [0.1, 0.15) is 17.7 Å². The monoisotopic (exact) mass is 569 g/mol. The summed E-state index contributed by atoms with van der Waals surface area (Å²) in [6, 6.07) is 9.79. The molecule has 0 fully saturated rings. The molecule has 0 radical (unpaired) electrons. The van der Waals surface area contributed by atoms with E-state index in [1.54, 1.807) is 20.0 Å². The summed E-state index contributed by atoms with van der Waals surface area (Å²) in [5.41, 5.74) is 7.24. The molecule has 0 aliphatic carbocycles. The molecule has 0 saturated carbocycles. The second-order valence-electron chi connectivity index (χ2n) is 9.43. The van der Waals surface area contributed by atoms with Gasteiger partial charge in [0.25, 0.3) is 5.91 Å². The standard InChI is InChI=1S/C30H22F3N7O2/c1-14(2)29(41)39-17-5-6-18(20(31)11-17)27-22(23-26(40(27)4)16(12-34)13-37-28(23)35)19-7-8-21(25(33)24(19)32)42-30-36-10-9-15(3)38-30/h5-11,13H,1H2,2-4H3,(H2,35,37)(H,39,41). The molecular weight excluding hydrogens is 547 g/mol. The number of pyridine rings is 1. The summed E-state index contributed by atoms with van der Waals surface area (Å²) in [5, 5.41) is 12.4. The smallest absolute Gasteiger partial charge is 0.322 e. The molecule has 5 aromatic rings. The summed E-state index contributed by atoms with van der Waals surface area (Å²) in [5.74, 6) is -4.51. The third-order valence-electron chi connectivity index (χ3n) is 6.52. The number of nitrogens with two attached hydrogens (primary N) is 1. The van der Waals surface area contributed by atoms with Crippen LogP contribution in [0, 0.1) is 35.7 Å². The van der Waals surface area contributed by atoms with Gasteiger partial charge >= 0.3 is 6.01 Å². The van der Waals surface area contributed by atoms with Crippen LogP contribution < -0.4 is 15.8 Å². The van der Waals surface area contributed by atoms with Crippen LogP contribution in [0.3, 0.4) is 0 Å². The zero-order valence-electron chi connectivity index (χ0n) is 22.6. The highest BCUT2D eigenvalue weighted by Crippen LogP contribution is 2.46. The number of hydrogen-bond donors (Lipinski definition) is 2. The fourth-order valence-electron chi connectivity index (χ4n) is 4.57. The first kappa shape index (κ1) is 27.9. The molecule has 42 heavy (non-hydrogen) atoms. The van der Waals surface area contributed by atoms with E-state index >= 15 is 13.2 Å². The number of anilines is 2. The maximum atomic E-state index is 15.9. The van der Waals surface area contributed by atoms with Crippen LogP contribution in [0.4, 0.5) is 24.7 Å². The van der Waals surface area contributed by atoms with Crippen LogP contribution in [0.5, 0.6) is 11.8 Å². The van der Waals surface area contributed by atoms with Crippen molar-refractivity contribution in [1.29, 1.82) is 5.26 Å². The fraction of sp³-hybridized carbons (Fsp3) is 0.100. The number of rotatable bonds is 6. The van der Waals surface area contributed by atoms with Crippen molar-refractivity contribution in [3.05, 3.63) is 89.7 Å². The van der Waals surface area contributed by atoms with Crippen LogP contribution in [0.25, 0.3) is 33.3 Å². The Labute approximate surface area is 237 Å². The van der Waals surface area contributed by atoms with Gasteiger partial charge in [-0.2, -0.15) is 9.65 Å². The lowest BCUT2D eigenvalue weighted by molar-refractivity contribution is -0.112. The fourth-order valence-corrected chi connectivity index (χ4v) is 4.57. The number of amides is 1. The van der Waals surface area contributed by atoms with E-state index in [0.29, 0.717) is 5.69 Å². The molecule has 210 valence electrons. The lowest BCUT2D eigenvalue weighted by Crippen LogP contribution is -2.12. The van der Waals surface area contributed by atoms with Crippen molar-refractivity contribution in [1.82, 2.24) is 19.5 Å². The van der Waals surface area contributed by atoms with Crippen molar-refractivity contribution in [3.8, 4) is 40.2 Å². The quantitative estimate of drug-likeness (QED) is 0.233. The number of nitrogen functional groups attached to an aromatic ring is 1. The van der Waals surface area contributed by atoms with Crippen LogP contribution in [-0.2, 0) is 11.8 Å². The van der Waals surface area contributed by atoms with Gasteiger partial charge in [0.05, 0.1) is 22.2 Å². The van der Waals surface area contributed by atoms with Gasteiger partial charge in [-0.3, -0.25) is 4.79 Å². The molecule has 2 aromatic carbocycles. The first-order valence-corrected chi connectivity index (χ1v) is 12.4. The number of nitriles is 1. The molecule has 0 atom stereocenters. The number of halogens is 3. The Balaban J connectivity index is 1.75. The highest BCUT2D eigenvalue weighted by atomic mass is 19.2. The van der Waals surface area contributed by atoms with E-state index < -0.39 is 29.1 Å². The maximum Gasteiger partial charge on any atom is 0.322 e. The predicted octanol–water partition coefficient (Wildman–Crippen LogP) is 6.18. The maximum absolute atomic E-state index is 15.9. The number of ether oxygens (including phenoxy) is 1. The average Bonchev–Trinajstić information content (AvgIpc) is 3.25. The van der Waals surface area contributed by atoms with Gasteiger partial charge < -0.3 is 20.4 Å². The summed E-state index contributed by atoms with van der Waals surface area (Å²) in [4.78, 5) is 24.1. The van der Waals surface area contributed by atoms with E-state index in [0.717, 1.165) is 6.07 Å². The van der Waals surface area contributed by atoms with Crippen LogP contribution in [-0.4, -0.2) is 25.4 Å². The largest absolute Gasteiger partial charge is 0.421 e. The Kier molecular flexibility index (Phi) is 7.10. The zero-order chi connectivity index (χ0) is 30.3. The number of nitrogens with zero attached hydrogens (tertiary/aromatic N) is 5. The van der Waals surface area contributed by atoms with Crippen LogP contribution in [0.2, 0.25) is 0 Å². The summed E-state index contributed by atoms with van der Waals surface area (Å²) >= 11 is 0. The molecule has 0 spiro atoms. The van der Waals surface area contributed by atoms with Gasteiger partial charge in [-0.15, -0.1) is 0 Å². The number of aromatic nitrogens is 4. The second kappa shape index (κ2) is 10.7. The Morgan fingerprint density at radius 2 is 1.86 bits per heavy atom. The molecule has 12 heteroatoms. The minimum atomic E-state index is -1.35. The molecule has 0 bridgehead atoms. The number of carbonyl (C=O) groups excluding carboxylic acids is 1. The highest BCUT2D eigenvalue weighted by Gasteiger charge is 2.28. The van der Waals surface area contributed by atoms with Crippen molar-refractivity contribution >= 4 is 28.3 Å². The van der Waals surface area contributed by atoms with Crippen LogP contribution in [0.1, 0.15) is 18.2 Å². The molecule has 0 unspecified atom stereocenters. The molecule has 0 aliphatic heterocycles.